The van der Waals surface area contributed by atoms with E-state index in [1.807, 2.05) is 52.4 Å². The number of carbonyl (C=O) groups excluding carboxylic acids is 2. The third-order valence-electron chi connectivity index (χ3n) is 7.88. The summed E-state index contributed by atoms with van der Waals surface area (Å²) in [4.78, 5) is 35.2. The van der Waals surface area contributed by atoms with Crippen molar-refractivity contribution in [3.63, 3.8) is 0 Å². The monoisotopic (exact) mass is 767 g/mol. The average molecular weight is 767 g/mol. The number of rotatable bonds is 34. The predicted molar refractivity (Wildman–Crippen MR) is 216 cm³/mol. The van der Waals surface area contributed by atoms with Crippen LogP contribution in [0.4, 0.5) is 0 Å². The molecule has 0 saturated carbocycles. The normalized spacial score (nSPS) is 15.1. The van der Waals surface area contributed by atoms with Crippen LogP contribution >= 0.6 is 7.82 Å². The number of hydrogen-bond acceptors (Lipinski definition) is 8. The van der Waals surface area contributed by atoms with E-state index in [0.29, 0.717) is 36.7 Å². The molecule has 304 valence electrons. The number of allylic oxidation sites excluding steroid dienone is 11. The minimum atomic E-state index is -4.39. The van der Waals surface area contributed by atoms with Gasteiger partial charge in [-0.3, -0.25) is 18.6 Å². The first-order valence-electron chi connectivity index (χ1n) is 19.8. The molecule has 0 aromatic carbocycles. The van der Waals surface area contributed by atoms with Gasteiger partial charge in [0.25, 0.3) is 0 Å². The smallest absolute Gasteiger partial charge is 0.462 e. The van der Waals surface area contributed by atoms with Gasteiger partial charge in [0.1, 0.15) is 19.8 Å². The van der Waals surface area contributed by atoms with Crippen molar-refractivity contribution in [3.05, 3.63) is 72.9 Å². The molecule has 11 heteroatoms. The van der Waals surface area contributed by atoms with Gasteiger partial charge in [-0.1, -0.05) is 119 Å². The second-order valence-corrected chi connectivity index (χ2v) is 15.6. The molecule has 3 atom stereocenters. The summed E-state index contributed by atoms with van der Waals surface area (Å²) in [7, 11) is 1.40. The molecule has 53 heavy (non-hydrogen) atoms. The number of unbranched alkanes of at least 4 members (excludes halogenated alkanes) is 8. The summed E-state index contributed by atoms with van der Waals surface area (Å²) in [6.45, 7) is 3.93. The molecular formula is C42H73NO9P+. The Balaban J connectivity index is 4.54. The molecule has 0 radical (unpaired) electrons. The molecule has 0 aromatic rings. The minimum Gasteiger partial charge on any atom is -0.462 e. The van der Waals surface area contributed by atoms with Gasteiger partial charge in [0.2, 0.25) is 0 Å². The van der Waals surface area contributed by atoms with Crippen LogP contribution in [0.2, 0.25) is 0 Å². The maximum Gasteiger partial charge on any atom is 0.472 e. The van der Waals surface area contributed by atoms with Crippen LogP contribution in [0.25, 0.3) is 0 Å². The number of hydrogen-bond donors (Lipinski definition) is 2. The number of phosphoric ester groups is 1. The lowest BCUT2D eigenvalue weighted by Gasteiger charge is -2.24. The summed E-state index contributed by atoms with van der Waals surface area (Å²) >= 11 is 0. The van der Waals surface area contributed by atoms with Crippen molar-refractivity contribution >= 4 is 19.8 Å². The lowest BCUT2D eigenvalue weighted by molar-refractivity contribution is -0.870. The van der Waals surface area contributed by atoms with Crippen molar-refractivity contribution in [1.29, 1.82) is 0 Å². The van der Waals surface area contributed by atoms with E-state index in [2.05, 4.69) is 49.5 Å². The number of carbonyl (C=O) groups is 2. The Bertz CT molecular complexity index is 1150. The SMILES string of the molecule is CCCC/C=C\CCCCCCCC(=O)O[C@H](COC(=O)CCC/C=C\C/C=C\C/C=C\C/C=C\C=C\[C@@H](O)CC)COP(=O)(O)OCC[N+](C)(C)C. The van der Waals surface area contributed by atoms with E-state index in [1.54, 1.807) is 6.08 Å². The zero-order valence-electron chi connectivity index (χ0n) is 33.6. The topological polar surface area (TPSA) is 129 Å². The number of esters is 2. The summed E-state index contributed by atoms with van der Waals surface area (Å²) in [5.74, 6) is -0.908. The molecule has 0 bridgehead atoms. The lowest BCUT2D eigenvalue weighted by atomic mass is 10.1. The Hall–Kier alpha value is -2.59. The number of nitrogens with zero attached hydrogens (tertiary/aromatic N) is 1. The van der Waals surface area contributed by atoms with Crippen LogP contribution in [0.1, 0.15) is 123 Å². The van der Waals surface area contributed by atoms with Gasteiger partial charge in [-0.05, 0) is 64.2 Å². The molecule has 0 aromatic heterocycles. The highest BCUT2D eigenvalue weighted by atomic mass is 31.2. The Morgan fingerprint density at radius 1 is 0.679 bits per heavy atom. The summed E-state index contributed by atoms with van der Waals surface area (Å²) in [6.07, 6.45) is 37.7. The first-order valence-corrected chi connectivity index (χ1v) is 21.3. The molecule has 0 aliphatic heterocycles. The van der Waals surface area contributed by atoms with Gasteiger partial charge in [0, 0.05) is 12.8 Å². The minimum absolute atomic E-state index is 0.0116. The van der Waals surface area contributed by atoms with E-state index in [1.165, 1.54) is 12.8 Å². The third kappa shape index (κ3) is 37.5. The summed E-state index contributed by atoms with van der Waals surface area (Å²) in [5, 5.41) is 9.47. The number of quaternary nitrogens is 1. The van der Waals surface area contributed by atoms with Gasteiger partial charge in [-0.15, -0.1) is 0 Å². The fraction of sp³-hybridized carbons (Fsp3) is 0.667. The van der Waals surface area contributed by atoms with E-state index < -0.39 is 32.5 Å². The van der Waals surface area contributed by atoms with E-state index in [0.717, 1.165) is 57.8 Å². The van der Waals surface area contributed by atoms with Crippen molar-refractivity contribution in [2.45, 2.75) is 135 Å². The van der Waals surface area contributed by atoms with Gasteiger partial charge in [-0.25, -0.2) is 4.57 Å². The van der Waals surface area contributed by atoms with Gasteiger partial charge in [0.05, 0.1) is 33.9 Å². The van der Waals surface area contributed by atoms with Crippen LogP contribution in [0, 0.1) is 0 Å². The van der Waals surface area contributed by atoms with Crippen molar-refractivity contribution < 1.29 is 47.2 Å². The maximum atomic E-state index is 12.6. The zero-order valence-corrected chi connectivity index (χ0v) is 34.5. The van der Waals surface area contributed by atoms with E-state index in [4.69, 9.17) is 18.5 Å². The third-order valence-corrected chi connectivity index (χ3v) is 8.86. The van der Waals surface area contributed by atoms with E-state index in [9.17, 15) is 24.2 Å². The fourth-order valence-electron chi connectivity index (χ4n) is 4.57. The second kappa shape index (κ2) is 33.9. The van der Waals surface area contributed by atoms with Gasteiger partial charge in [0.15, 0.2) is 6.10 Å². The van der Waals surface area contributed by atoms with E-state index >= 15 is 0 Å². The van der Waals surface area contributed by atoms with Crippen LogP contribution in [-0.2, 0) is 32.7 Å². The Labute approximate surface area is 321 Å². The van der Waals surface area contributed by atoms with Crippen LogP contribution in [0.3, 0.4) is 0 Å². The first kappa shape index (κ1) is 50.4. The second-order valence-electron chi connectivity index (χ2n) is 14.1. The molecule has 1 unspecified atom stereocenters. The van der Waals surface area contributed by atoms with Crippen LogP contribution in [0.15, 0.2) is 72.9 Å². The van der Waals surface area contributed by atoms with Crippen molar-refractivity contribution in [1.82, 2.24) is 0 Å². The van der Waals surface area contributed by atoms with Crippen LogP contribution < -0.4 is 0 Å². The van der Waals surface area contributed by atoms with Gasteiger partial charge in [-0.2, -0.15) is 0 Å². The summed E-state index contributed by atoms with van der Waals surface area (Å²) in [6, 6.07) is 0. The first-order chi connectivity index (χ1) is 25.4. The quantitative estimate of drug-likeness (QED) is 0.0164. The summed E-state index contributed by atoms with van der Waals surface area (Å²) < 4.78 is 34.1. The molecule has 0 amide bonds. The molecule has 0 spiro atoms. The molecule has 0 fully saturated rings. The summed E-state index contributed by atoms with van der Waals surface area (Å²) in [5.41, 5.74) is 0. The van der Waals surface area contributed by atoms with Gasteiger partial charge < -0.3 is 24.0 Å². The molecule has 0 heterocycles. The van der Waals surface area contributed by atoms with Crippen LogP contribution in [-0.4, -0.2) is 86.1 Å². The molecule has 0 aliphatic rings. The number of phosphoric acid groups is 1. The van der Waals surface area contributed by atoms with Crippen LogP contribution in [0.5, 0.6) is 0 Å². The fourth-order valence-corrected chi connectivity index (χ4v) is 5.31. The number of ether oxygens (including phenoxy) is 2. The zero-order chi connectivity index (χ0) is 39.5. The number of aliphatic hydroxyl groups is 1. The van der Waals surface area contributed by atoms with Gasteiger partial charge >= 0.3 is 19.8 Å². The van der Waals surface area contributed by atoms with Crippen molar-refractivity contribution in [3.8, 4) is 0 Å². The number of aliphatic hydroxyl groups excluding tert-OH is 1. The van der Waals surface area contributed by atoms with Crippen molar-refractivity contribution in [2.24, 2.45) is 0 Å². The molecular weight excluding hydrogens is 693 g/mol. The van der Waals surface area contributed by atoms with Crippen molar-refractivity contribution in [2.75, 3.05) is 47.5 Å². The Morgan fingerprint density at radius 3 is 1.91 bits per heavy atom. The maximum absolute atomic E-state index is 12.6. The lowest BCUT2D eigenvalue weighted by Crippen LogP contribution is -2.37. The largest absolute Gasteiger partial charge is 0.472 e. The molecule has 0 rings (SSSR count). The predicted octanol–water partition coefficient (Wildman–Crippen LogP) is 9.65. The Kier molecular flexibility index (Phi) is 32.3. The highest BCUT2D eigenvalue weighted by Crippen LogP contribution is 2.43. The highest BCUT2D eigenvalue weighted by molar-refractivity contribution is 7.47. The molecule has 0 saturated heterocycles. The molecule has 0 aliphatic carbocycles. The highest BCUT2D eigenvalue weighted by Gasteiger charge is 2.27. The molecule has 2 N–H and O–H groups in total. The Morgan fingerprint density at radius 2 is 1.25 bits per heavy atom. The van der Waals surface area contributed by atoms with E-state index in [-0.39, 0.29) is 32.2 Å². The average Bonchev–Trinajstić information content (AvgIpc) is 3.10. The standard InChI is InChI=1S/C42H72NO9P/c1-6-8-9-10-11-12-17-22-25-28-31-34-42(46)52-40(38-51-53(47,48)50-36-35-43(3,4)5)37-49-41(45)33-30-27-24-21-19-16-14-13-15-18-20-23-26-29-32-39(44)7-2/h10-11,14-16,18,21,23-24,26,29,32,39-40,44H,6-9,12-13,17,19-20,22,25,27-28,30-31,33-38H2,1-5H3/p+1/b11-10-,16-14-,18-15-,24-21-,26-23-,32-29+/t39-,40+/m0/s1. The number of likely N-dealkylation sites (N-methyl/N-ethyl adjacent to an activating group) is 1. The molecule has 10 nitrogen and oxygen atoms in total.